The van der Waals surface area contributed by atoms with Crippen LogP contribution in [0.4, 0.5) is 15.8 Å². The Kier molecular flexibility index (Phi) is 11.6. The standard InChI is InChI=1S/C30H35FN4O7S/c1-4-5-17-32-30(37)27(18-22-11-7-6-8-12-22)33(20-23-13-9-10-14-25(23)31)29(36)21-34(43(3,40)41)26-19-24(35(38)39)15-16-28(26)42-2/h6-16,19,27H,4-5,17-18,20-21H2,1-3H3,(H,32,37)/t27-/m0/s1. The van der Waals surface area contributed by atoms with E-state index in [2.05, 4.69) is 5.32 Å². The maximum absolute atomic E-state index is 14.9. The molecule has 11 nitrogen and oxygen atoms in total. The molecule has 0 aromatic heterocycles. The first kappa shape index (κ1) is 33.0. The number of sulfonamides is 1. The van der Waals surface area contributed by atoms with E-state index >= 15 is 0 Å². The zero-order valence-corrected chi connectivity index (χ0v) is 25.1. The Hall–Kier alpha value is -4.52. The van der Waals surface area contributed by atoms with Crippen LogP contribution < -0.4 is 14.4 Å². The molecular weight excluding hydrogens is 579 g/mol. The van der Waals surface area contributed by atoms with Gasteiger partial charge in [0.2, 0.25) is 21.8 Å². The number of anilines is 1. The number of nitrogens with one attached hydrogen (secondary N) is 1. The van der Waals surface area contributed by atoms with E-state index in [4.69, 9.17) is 4.74 Å². The van der Waals surface area contributed by atoms with Crippen molar-refractivity contribution in [1.29, 1.82) is 0 Å². The van der Waals surface area contributed by atoms with Gasteiger partial charge in [0.25, 0.3) is 5.69 Å². The number of hydrogen-bond acceptors (Lipinski definition) is 7. The van der Waals surface area contributed by atoms with Crippen LogP contribution in [-0.4, -0.2) is 62.6 Å². The lowest BCUT2D eigenvalue weighted by atomic mass is 10.0. The average Bonchev–Trinajstić information content (AvgIpc) is 2.98. The molecule has 0 fully saturated rings. The number of carbonyl (C=O) groups excluding carboxylic acids is 2. The third-order valence-electron chi connectivity index (χ3n) is 6.72. The van der Waals surface area contributed by atoms with Gasteiger partial charge in [0, 0.05) is 37.2 Å². The minimum atomic E-state index is -4.22. The number of methoxy groups -OCH3 is 1. The maximum atomic E-state index is 14.9. The predicted molar refractivity (Wildman–Crippen MR) is 161 cm³/mol. The Bertz CT molecular complexity index is 1540. The number of nitro benzene ring substituents is 1. The summed E-state index contributed by atoms with van der Waals surface area (Å²) in [6.45, 7) is 1.14. The number of amides is 2. The molecule has 3 aromatic rings. The molecule has 13 heteroatoms. The molecule has 0 aliphatic carbocycles. The molecule has 3 rings (SSSR count). The molecule has 0 aliphatic heterocycles. The molecule has 0 saturated heterocycles. The van der Waals surface area contributed by atoms with Crippen molar-refractivity contribution >= 4 is 33.2 Å². The number of hydrogen-bond donors (Lipinski definition) is 1. The fraction of sp³-hybridized carbons (Fsp3) is 0.333. The molecule has 1 atom stereocenters. The summed E-state index contributed by atoms with van der Waals surface area (Å²) in [5, 5.41) is 14.3. The van der Waals surface area contributed by atoms with Crippen molar-refractivity contribution in [2.24, 2.45) is 0 Å². The van der Waals surface area contributed by atoms with E-state index in [0.29, 0.717) is 17.3 Å². The Morgan fingerprint density at radius 1 is 1.07 bits per heavy atom. The van der Waals surface area contributed by atoms with Gasteiger partial charge in [0.1, 0.15) is 29.8 Å². The number of ether oxygens (including phenoxy) is 1. The van der Waals surface area contributed by atoms with Crippen molar-refractivity contribution in [2.75, 3.05) is 30.8 Å². The molecule has 0 bridgehead atoms. The molecule has 0 radical (unpaired) electrons. The van der Waals surface area contributed by atoms with Crippen molar-refractivity contribution in [2.45, 2.75) is 38.8 Å². The van der Waals surface area contributed by atoms with Gasteiger partial charge < -0.3 is 15.0 Å². The molecule has 230 valence electrons. The van der Waals surface area contributed by atoms with Gasteiger partial charge in [-0.25, -0.2) is 12.8 Å². The zero-order valence-electron chi connectivity index (χ0n) is 24.2. The lowest BCUT2D eigenvalue weighted by Gasteiger charge is -2.33. The highest BCUT2D eigenvalue weighted by molar-refractivity contribution is 7.92. The molecule has 3 aromatic carbocycles. The SMILES string of the molecule is CCCCNC(=O)[C@H](Cc1ccccc1)N(Cc1ccccc1F)C(=O)CN(c1cc([N+](=O)[O-])ccc1OC)S(C)(=O)=O. The fourth-order valence-corrected chi connectivity index (χ4v) is 5.30. The van der Waals surface area contributed by atoms with E-state index in [-0.39, 0.29) is 30.0 Å². The predicted octanol–water partition coefficient (Wildman–Crippen LogP) is 4.06. The van der Waals surface area contributed by atoms with Crippen LogP contribution in [0.3, 0.4) is 0 Å². The van der Waals surface area contributed by atoms with E-state index in [9.17, 15) is 32.5 Å². The number of halogens is 1. The summed E-state index contributed by atoms with van der Waals surface area (Å²) >= 11 is 0. The lowest BCUT2D eigenvalue weighted by Crippen LogP contribution is -2.53. The molecule has 0 aliphatic rings. The minimum absolute atomic E-state index is 0.0253. The van der Waals surface area contributed by atoms with E-state index in [0.717, 1.165) is 35.3 Å². The van der Waals surface area contributed by atoms with Crippen molar-refractivity contribution in [3.05, 3.63) is 99.9 Å². The molecular formula is C30H35FN4O7S. The minimum Gasteiger partial charge on any atom is -0.495 e. The van der Waals surface area contributed by atoms with Crippen molar-refractivity contribution < 1.29 is 32.1 Å². The molecule has 43 heavy (non-hydrogen) atoms. The number of carbonyl (C=O) groups is 2. The van der Waals surface area contributed by atoms with Crippen LogP contribution in [0.1, 0.15) is 30.9 Å². The number of unbranched alkanes of at least 4 members (excludes halogenated alkanes) is 1. The first-order valence-corrected chi connectivity index (χ1v) is 15.5. The van der Waals surface area contributed by atoms with Gasteiger partial charge in [-0.1, -0.05) is 61.9 Å². The number of nitrogens with zero attached hydrogens (tertiary/aromatic N) is 3. The zero-order chi connectivity index (χ0) is 31.6. The molecule has 2 amide bonds. The Balaban J connectivity index is 2.12. The van der Waals surface area contributed by atoms with Gasteiger partial charge in [0.15, 0.2) is 0 Å². The largest absolute Gasteiger partial charge is 0.495 e. The first-order valence-electron chi connectivity index (χ1n) is 13.6. The molecule has 0 unspecified atom stereocenters. The van der Waals surface area contributed by atoms with Crippen LogP contribution in [0, 0.1) is 15.9 Å². The summed E-state index contributed by atoms with van der Waals surface area (Å²) in [5.74, 6) is -1.94. The van der Waals surface area contributed by atoms with Gasteiger partial charge in [0.05, 0.1) is 18.3 Å². The highest BCUT2D eigenvalue weighted by Crippen LogP contribution is 2.34. The van der Waals surface area contributed by atoms with Crippen LogP contribution in [0.5, 0.6) is 5.75 Å². The van der Waals surface area contributed by atoms with E-state index in [1.165, 1.54) is 31.4 Å². The maximum Gasteiger partial charge on any atom is 0.271 e. The summed E-state index contributed by atoms with van der Waals surface area (Å²) in [6, 6.07) is 16.9. The van der Waals surface area contributed by atoms with Gasteiger partial charge >= 0.3 is 0 Å². The summed E-state index contributed by atoms with van der Waals surface area (Å²) in [6.07, 6.45) is 2.42. The third-order valence-corrected chi connectivity index (χ3v) is 7.85. The van der Waals surface area contributed by atoms with Crippen molar-refractivity contribution in [1.82, 2.24) is 10.2 Å². The monoisotopic (exact) mass is 614 g/mol. The van der Waals surface area contributed by atoms with Crippen LogP contribution >= 0.6 is 0 Å². The first-order chi connectivity index (χ1) is 20.5. The fourth-order valence-electron chi connectivity index (χ4n) is 4.45. The van der Waals surface area contributed by atoms with Crippen molar-refractivity contribution in [3.8, 4) is 5.75 Å². The normalized spacial score (nSPS) is 11.8. The summed E-state index contributed by atoms with van der Waals surface area (Å²) < 4.78 is 46.8. The van der Waals surface area contributed by atoms with Gasteiger partial charge in [-0.15, -0.1) is 0 Å². The van der Waals surface area contributed by atoms with E-state index < -0.39 is 50.9 Å². The molecule has 0 heterocycles. The molecule has 1 N–H and O–H groups in total. The summed E-state index contributed by atoms with van der Waals surface area (Å²) in [5.41, 5.74) is 0.196. The third kappa shape index (κ3) is 8.98. The molecule has 0 saturated carbocycles. The summed E-state index contributed by atoms with van der Waals surface area (Å²) in [7, 11) is -2.96. The number of benzene rings is 3. The summed E-state index contributed by atoms with van der Waals surface area (Å²) in [4.78, 5) is 39.6. The van der Waals surface area contributed by atoms with Crippen LogP contribution in [0.25, 0.3) is 0 Å². The Morgan fingerprint density at radius 2 is 1.74 bits per heavy atom. The van der Waals surface area contributed by atoms with Crippen LogP contribution in [0.2, 0.25) is 0 Å². The van der Waals surface area contributed by atoms with Gasteiger partial charge in [-0.3, -0.25) is 24.0 Å². The lowest BCUT2D eigenvalue weighted by molar-refractivity contribution is -0.384. The highest BCUT2D eigenvalue weighted by Gasteiger charge is 2.34. The topological polar surface area (TPSA) is 139 Å². The number of nitro groups is 1. The van der Waals surface area contributed by atoms with Crippen molar-refractivity contribution in [3.63, 3.8) is 0 Å². The Morgan fingerprint density at radius 3 is 2.35 bits per heavy atom. The van der Waals surface area contributed by atoms with Crippen LogP contribution in [-0.2, 0) is 32.6 Å². The highest BCUT2D eigenvalue weighted by atomic mass is 32.2. The van der Waals surface area contributed by atoms with E-state index in [1.807, 2.05) is 6.92 Å². The second-order valence-electron chi connectivity index (χ2n) is 9.85. The average molecular weight is 615 g/mol. The smallest absolute Gasteiger partial charge is 0.271 e. The molecule has 0 spiro atoms. The van der Waals surface area contributed by atoms with E-state index in [1.54, 1.807) is 36.4 Å². The van der Waals surface area contributed by atoms with Gasteiger partial charge in [-0.05, 0) is 24.1 Å². The Labute approximate surface area is 250 Å². The van der Waals surface area contributed by atoms with Gasteiger partial charge in [-0.2, -0.15) is 0 Å². The second kappa shape index (κ2) is 15.1. The quantitative estimate of drug-likeness (QED) is 0.155. The number of rotatable bonds is 15. The number of non-ortho nitro benzene ring substituents is 1. The van der Waals surface area contributed by atoms with Crippen LogP contribution in [0.15, 0.2) is 72.8 Å². The second-order valence-corrected chi connectivity index (χ2v) is 11.8.